The fourth-order valence-corrected chi connectivity index (χ4v) is 1.79. The standard InChI is InChI=1S/C9H6F6OS/c10-8(11,12)7(16)5-3-1-2-4-6(5)17-9(13,14)15/h1-4,7,16H. The lowest BCUT2D eigenvalue weighted by molar-refractivity contribution is -0.207. The van der Waals surface area contributed by atoms with Gasteiger partial charge in [0.15, 0.2) is 6.10 Å². The largest absolute Gasteiger partial charge is 0.446 e. The first kappa shape index (κ1) is 14.2. The fraction of sp³-hybridized carbons (Fsp3) is 0.333. The van der Waals surface area contributed by atoms with Gasteiger partial charge in [-0.1, -0.05) is 18.2 Å². The highest BCUT2D eigenvalue weighted by Crippen LogP contribution is 2.43. The Morgan fingerprint density at radius 3 is 2.00 bits per heavy atom. The highest BCUT2D eigenvalue weighted by atomic mass is 32.2. The summed E-state index contributed by atoms with van der Waals surface area (Å²) in [5, 5.41) is 8.93. The van der Waals surface area contributed by atoms with E-state index in [0.717, 1.165) is 18.2 Å². The van der Waals surface area contributed by atoms with Gasteiger partial charge in [0.25, 0.3) is 0 Å². The number of alkyl halides is 6. The first-order valence-corrected chi connectivity index (χ1v) is 5.02. The van der Waals surface area contributed by atoms with Crippen LogP contribution in [0.5, 0.6) is 0 Å². The number of aliphatic hydroxyl groups excluding tert-OH is 1. The topological polar surface area (TPSA) is 20.2 Å². The van der Waals surface area contributed by atoms with Gasteiger partial charge in [0.1, 0.15) is 0 Å². The summed E-state index contributed by atoms with van der Waals surface area (Å²) in [5.41, 5.74) is -5.51. The van der Waals surface area contributed by atoms with E-state index in [4.69, 9.17) is 5.11 Å². The quantitative estimate of drug-likeness (QED) is 0.653. The Bertz CT molecular complexity index is 386. The van der Waals surface area contributed by atoms with E-state index in [1.807, 2.05) is 0 Å². The Kier molecular flexibility index (Phi) is 3.98. The average Bonchev–Trinajstić information content (AvgIpc) is 2.13. The van der Waals surface area contributed by atoms with Crippen molar-refractivity contribution >= 4 is 11.8 Å². The molecule has 0 amide bonds. The molecule has 0 saturated carbocycles. The summed E-state index contributed by atoms with van der Waals surface area (Å²) in [6.07, 6.45) is -7.92. The van der Waals surface area contributed by atoms with E-state index in [1.165, 1.54) is 6.07 Å². The van der Waals surface area contributed by atoms with Crippen molar-refractivity contribution in [3.05, 3.63) is 29.8 Å². The molecule has 0 aromatic heterocycles. The summed E-state index contributed by atoms with van der Waals surface area (Å²) in [4.78, 5) is -0.662. The maximum atomic E-state index is 12.2. The minimum absolute atomic E-state index is 0.662. The van der Waals surface area contributed by atoms with Crippen LogP contribution in [-0.2, 0) is 0 Å². The van der Waals surface area contributed by atoms with Gasteiger partial charge in [-0.05, 0) is 17.8 Å². The third-order valence-electron chi connectivity index (χ3n) is 1.75. The lowest BCUT2D eigenvalue weighted by atomic mass is 10.1. The van der Waals surface area contributed by atoms with Crippen LogP contribution in [0.4, 0.5) is 26.3 Å². The van der Waals surface area contributed by atoms with Crippen molar-refractivity contribution < 1.29 is 31.4 Å². The third-order valence-corrected chi connectivity index (χ3v) is 2.57. The summed E-state index contributed by atoms with van der Waals surface area (Å²) in [7, 11) is 0. The first-order chi connectivity index (χ1) is 7.61. The van der Waals surface area contributed by atoms with Crippen LogP contribution in [0, 0.1) is 0 Å². The molecule has 0 heterocycles. The van der Waals surface area contributed by atoms with Crippen molar-refractivity contribution in [2.75, 3.05) is 0 Å². The molecule has 0 aliphatic heterocycles. The molecule has 1 aromatic rings. The summed E-state index contributed by atoms with van der Waals surface area (Å²) in [5.74, 6) is 0. The highest BCUT2D eigenvalue weighted by Gasteiger charge is 2.41. The lowest BCUT2D eigenvalue weighted by Crippen LogP contribution is -2.21. The first-order valence-electron chi connectivity index (χ1n) is 4.21. The molecular weight excluding hydrogens is 270 g/mol. The highest BCUT2D eigenvalue weighted by molar-refractivity contribution is 8.00. The molecule has 1 rings (SSSR count). The van der Waals surface area contributed by atoms with Crippen LogP contribution in [0.25, 0.3) is 0 Å². The molecule has 1 unspecified atom stereocenters. The predicted molar refractivity (Wildman–Crippen MR) is 49.4 cm³/mol. The van der Waals surface area contributed by atoms with Crippen LogP contribution in [0.3, 0.4) is 0 Å². The Hall–Kier alpha value is -0.890. The molecule has 96 valence electrons. The number of hydrogen-bond donors (Lipinski definition) is 1. The molecule has 1 N–H and O–H groups in total. The van der Waals surface area contributed by atoms with Gasteiger partial charge in [-0.2, -0.15) is 26.3 Å². The van der Waals surface area contributed by atoms with E-state index in [9.17, 15) is 26.3 Å². The summed E-state index contributed by atoms with van der Waals surface area (Å²) in [6.45, 7) is 0. The summed E-state index contributed by atoms with van der Waals surface area (Å²) >= 11 is -0.688. The van der Waals surface area contributed by atoms with Crippen molar-refractivity contribution in [1.82, 2.24) is 0 Å². The zero-order valence-corrected chi connectivity index (χ0v) is 8.83. The van der Waals surface area contributed by atoms with Gasteiger partial charge in [0.2, 0.25) is 0 Å². The Morgan fingerprint density at radius 1 is 1.00 bits per heavy atom. The molecule has 17 heavy (non-hydrogen) atoms. The van der Waals surface area contributed by atoms with Gasteiger partial charge in [0.05, 0.1) is 0 Å². The predicted octanol–water partition coefficient (Wildman–Crippen LogP) is 3.89. The Morgan fingerprint density at radius 2 is 1.53 bits per heavy atom. The average molecular weight is 276 g/mol. The van der Waals surface area contributed by atoms with Gasteiger partial charge in [-0.25, -0.2) is 0 Å². The van der Waals surface area contributed by atoms with E-state index >= 15 is 0 Å². The second-order valence-corrected chi connectivity index (χ2v) is 4.14. The van der Waals surface area contributed by atoms with Crippen molar-refractivity contribution in [2.45, 2.75) is 22.7 Å². The lowest BCUT2D eigenvalue weighted by Gasteiger charge is -2.18. The van der Waals surface area contributed by atoms with E-state index in [-0.39, 0.29) is 0 Å². The molecule has 0 fully saturated rings. The SMILES string of the molecule is OC(c1ccccc1SC(F)(F)F)C(F)(F)F. The Balaban J connectivity index is 3.08. The van der Waals surface area contributed by atoms with E-state index in [0.29, 0.717) is 0 Å². The van der Waals surface area contributed by atoms with E-state index in [1.54, 1.807) is 0 Å². The molecule has 8 heteroatoms. The van der Waals surface area contributed by atoms with E-state index in [2.05, 4.69) is 0 Å². The molecule has 0 aliphatic rings. The van der Waals surface area contributed by atoms with Gasteiger partial charge < -0.3 is 5.11 Å². The fourth-order valence-electron chi connectivity index (χ4n) is 1.10. The van der Waals surface area contributed by atoms with Gasteiger partial charge >= 0.3 is 11.7 Å². The van der Waals surface area contributed by atoms with Crippen LogP contribution >= 0.6 is 11.8 Å². The molecule has 0 saturated heterocycles. The number of aliphatic hydroxyl groups is 1. The van der Waals surface area contributed by atoms with Crippen molar-refractivity contribution in [3.8, 4) is 0 Å². The van der Waals surface area contributed by atoms with Crippen LogP contribution in [-0.4, -0.2) is 16.8 Å². The van der Waals surface area contributed by atoms with E-state index < -0.39 is 40.0 Å². The number of hydrogen-bond acceptors (Lipinski definition) is 2. The second-order valence-electron chi connectivity index (χ2n) is 3.03. The molecule has 0 spiro atoms. The molecule has 1 nitrogen and oxygen atoms in total. The molecular formula is C9H6F6OS. The molecule has 0 bridgehead atoms. The van der Waals surface area contributed by atoms with Crippen molar-refractivity contribution in [3.63, 3.8) is 0 Å². The zero-order chi connectivity index (χ0) is 13.3. The number of halogens is 6. The number of thioether (sulfide) groups is 1. The van der Waals surface area contributed by atoms with Crippen molar-refractivity contribution in [1.29, 1.82) is 0 Å². The van der Waals surface area contributed by atoms with Gasteiger partial charge in [-0.3, -0.25) is 0 Å². The molecule has 0 radical (unpaired) electrons. The normalized spacial score (nSPS) is 14.8. The smallest absolute Gasteiger partial charge is 0.379 e. The molecule has 1 aromatic carbocycles. The van der Waals surface area contributed by atoms with Crippen LogP contribution < -0.4 is 0 Å². The van der Waals surface area contributed by atoms with Crippen LogP contribution in [0.2, 0.25) is 0 Å². The number of rotatable bonds is 2. The minimum atomic E-state index is -5.00. The van der Waals surface area contributed by atoms with Gasteiger partial charge in [0, 0.05) is 10.5 Å². The van der Waals surface area contributed by atoms with Crippen molar-refractivity contribution in [2.24, 2.45) is 0 Å². The zero-order valence-electron chi connectivity index (χ0n) is 8.01. The number of benzene rings is 1. The maximum absolute atomic E-state index is 12.2. The third kappa shape index (κ3) is 4.12. The van der Waals surface area contributed by atoms with Crippen LogP contribution in [0.15, 0.2) is 29.2 Å². The minimum Gasteiger partial charge on any atom is -0.379 e. The Labute approximate surface area is 96.4 Å². The maximum Gasteiger partial charge on any atom is 0.446 e. The second kappa shape index (κ2) is 4.77. The summed E-state index contributed by atoms with van der Waals surface area (Å²) in [6, 6.07) is 3.99. The monoisotopic (exact) mass is 276 g/mol. The van der Waals surface area contributed by atoms with Gasteiger partial charge in [-0.15, -0.1) is 0 Å². The van der Waals surface area contributed by atoms with Crippen LogP contribution in [0.1, 0.15) is 11.7 Å². The summed E-state index contributed by atoms with van der Waals surface area (Å²) < 4.78 is 72.9. The molecule has 1 atom stereocenters. The molecule has 0 aliphatic carbocycles.